The number of nitrogens with zero attached hydrogens (tertiary/aromatic N) is 1. The number of nitrogens with one attached hydrogen (secondary N) is 1. The zero-order chi connectivity index (χ0) is 15.4. The van der Waals surface area contributed by atoms with Crippen LogP contribution in [0.3, 0.4) is 0 Å². The predicted molar refractivity (Wildman–Crippen MR) is 89.0 cm³/mol. The Morgan fingerprint density at radius 1 is 1.33 bits per heavy atom. The molecule has 2 rings (SSSR count). The van der Waals surface area contributed by atoms with Crippen molar-refractivity contribution in [1.29, 1.82) is 0 Å². The molecule has 0 aromatic heterocycles. The van der Waals surface area contributed by atoms with Crippen LogP contribution in [0.1, 0.15) is 32.1 Å². The van der Waals surface area contributed by atoms with Gasteiger partial charge < -0.3 is 16.0 Å². The number of hydrogen-bond donors (Lipinski definition) is 2. The zero-order valence-electron chi connectivity index (χ0n) is 12.7. The van der Waals surface area contributed by atoms with Crippen molar-refractivity contribution in [3.05, 3.63) is 23.2 Å². The van der Waals surface area contributed by atoms with E-state index in [0.717, 1.165) is 18.5 Å². The topological polar surface area (TPSA) is 58.4 Å². The lowest BCUT2D eigenvalue weighted by molar-refractivity contribution is -0.118. The molecule has 1 aliphatic rings. The van der Waals surface area contributed by atoms with E-state index in [1.807, 2.05) is 31.1 Å². The maximum Gasteiger partial charge on any atom is 0.241 e. The van der Waals surface area contributed by atoms with Crippen molar-refractivity contribution >= 4 is 28.9 Å². The van der Waals surface area contributed by atoms with Crippen LogP contribution in [0.2, 0.25) is 5.02 Å². The van der Waals surface area contributed by atoms with Gasteiger partial charge in [0.25, 0.3) is 0 Å². The molecule has 3 N–H and O–H groups in total. The molecule has 1 aromatic rings. The first kappa shape index (κ1) is 16.1. The van der Waals surface area contributed by atoms with E-state index in [0.29, 0.717) is 16.6 Å². The Morgan fingerprint density at radius 3 is 2.57 bits per heavy atom. The lowest BCUT2D eigenvalue weighted by Crippen LogP contribution is -2.42. The van der Waals surface area contributed by atoms with Crippen molar-refractivity contribution in [3.63, 3.8) is 0 Å². The van der Waals surface area contributed by atoms with Gasteiger partial charge in [0.05, 0.1) is 16.8 Å². The summed E-state index contributed by atoms with van der Waals surface area (Å²) < 4.78 is 0. The quantitative estimate of drug-likeness (QED) is 0.897. The highest BCUT2D eigenvalue weighted by Crippen LogP contribution is 2.29. The molecule has 1 amide bonds. The summed E-state index contributed by atoms with van der Waals surface area (Å²) in [6.45, 7) is 0. The molecule has 0 spiro atoms. The van der Waals surface area contributed by atoms with E-state index in [-0.39, 0.29) is 5.91 Å². The highest BCUT2D eigenvalue weighted by Gasteiger charge is 2.26. The maximum atomic E-state index is 12.3. The van der Waals surface area contributed by atoms with Gasteiger partial charge in [-0.25, -0.2) is 0 Å². The number of carbonyl (C=O) groups excluding carboxylic acids is 1. The van der Waals surface area contributed by atoms with Crippen molar-refractivity contribution in [3.8, 4) is 0 Å². The van der Waals surface area contributed by atoms with Gasteiger partial charge in [-0.05, 0) is 37.0 Å². The van der Waals surface area contributed by atoms with Crippen molar-refractivity contribution in [2.45, 2.75) is 38.1 Å². The second-order valence-electron chi connectivity index (χ2n) is 5.97. The van der Waals surface area contributed by atoms with Crippen LogP contribution in [0, 0.1) is 5.92 Å². The van der Waals surface area contributed by atoms with Gasteiger partial charge >= 0.3 is 0 Å². The van der Waals surface area contributed by atoms with Crippen molar-refractivity contribution in [1.82, 2.24) is 0 Å². The summed E-state index contributed by atoms with van der Waals surface area (Å²) in [5.74, 6) is 0.186. The molecular formula is C16H24ClN3O. The van der Waals surface area contributed by atoms with E-state index in [1.165, 1.54) is 19.3 Å². The van der Waals surface area contributed by atoms with Crippen LogP contribution >= 0.6 is 11.6 Å². The largest absolute Gasteiger partial charge is 0.376 e. The number of hydrogen-bond acceptors (Lipinski definition) is 3. The molecule has 0 aliphatic heterocycles. The molecule has 21 heavy (non-hydrogen) atoms. The Bertz CT molecular complexity index is 498. The molecule has 116 valence electrons. The third kappa shape index (κ3) is 4.11. The van der Waals surface area contributed by atoms with Gasteiger partial charge in [-0.1, -0.05) is 30.9 Å². The summed E-state index contributed by atoms with van der Waals surface area (Å²) in [5.41, 5.74) is 7.72. The van der Waals surface area contributed by atoms with Gasteiger partial charge in [-0.15, -0.1) is 0 Å². The Kier molecular flexibility index (Phi) is 5.48. The van der Waals surface area contributed by atoms with E-state index in [4.69, 9.17) is 17.3 Å². The molecule has 5 heteroatoms. The highest BCUT2D eigenvalue weighted by molar-refractivity contribution is 6.33. The minimum absolute atomic E-state index is 0.115. The summed E-state index contributed by atoms with van der Waals surface area (Å²) >= 11 is 6.21. The van der Waals surface area contributed by atoms with Crippen LogP contribution in [0.25, 0.3) is 0 Å². The third-order valence-electron chi connectivity index (χ3n) is 4.16. The van der Waals surface area contributed by atoms with E-state index < -0.39 is 6.04 Å². The molecule has 0 radical (unpaired) electrons. The number of halogens is 1. The van der Waals surface area contributed by atoms with E-state index in [1.54, 1.807) is 6.07 Å². The van der Waals surface area contributed by atoms with Gasteiger partial charge in [0, 0.05) is 19.8 Å². The van der Waals surface area contributed by atoms with Crippen LogP contribution in [-0.2, 0) is 4.79 Å². The van der Waals surface area contributed by atoms with Crippen LogP contribution < -0.4 is 16.0 Å². The molecule has 0 unspecified atom stereocenters. The average Bonchev–Trinajstić information content (AvgIpc) is 2.47. The normalized spacial score (nSPS) is 17.3. The number of nitrogens with two attached hydrogens (primary N) is 1. The fraction of sp³-hybridized carbons (Fsp3) is 0.562. The first-order chi connectivity index (χ1) is 9.99. The third-order valence-corrected chi connectivity index (χ3v) is 4.46. The van der Waals surface area contributed by atoms with E-state index in [2.05, 4.69) is 5.32 Å². The van der Waals surface area contributed by atoms with Gasteiger partial charge in [0.15, 0.2) is 0 Å². The van der Waals surface area contributed by atoms with Crippen LogP contribution in [0.5, 0.6) is 0 Å². The van der Waals surface area contributed by atoms with Crippen LogP contribution in [0.4, 0.5) is 11.4 Å². The first-order valence-electron chi connectivity index (χ1n) is 7.52. The lowest BCUT2D eigenvalue weighted by atomic mass is 9.84. The maximum absolute atomic E-state index is 12.3. The molecule has 0 bridgehead atoms. The molecule has 4 nitrogen and oxygen atoms in total. The lowest BCUT2D eigenvalue weighted by Gasteiger charge is -2.26. The van der Waals surface area contributed by atoms with Gasteiger partial charge in [-0.2, -0.15) is 0 Å². The Hall–Kier alpha value is -1.26. The first-order valence-corrected chi connectivity index (χ1v) is 7.90. The van der Waals surface area contributed by atoms with Gasteiger partial charge in [0.2, 0.25) is 5.91 Å². The summed E-state index contributed by atoms with van der Waals surface area (Å²) in [7, 11) is 3.86. The second-order valence-corrected chi connectivity index (χ2v) is 6.38. The molecule has 1 aliphatic carbocycles. The Labute approximate surface area is 131 Å². The summed E-state index contributed by atoms with van der Waals surface area (Å²) in [6, 6.07) is 5.08. The minimum atomic E-state index is -0.433. The summed E-state index contributed by atoms with van der Waals surface area (Å²) in [5, 5.41) is 3.49. The predicted octanol–water partition coefficient (Wildman–Crippen LogP) is 3.25. The van der Waals surface area contributed by atoms with Gasteiger partial charge in [-0.3, -0.25) is 4.79 Å². The fourth-order valence-corrected chi connectivity index (χ4v) is 3.23. The molecule has 1 atom stereocenters. The van der Waals surface area contributed by atoms with E-state index >= 15 is 0 Å². The molecule has 0 heterocycles. The van der Waals surface area contributed by atoms with E-state index in [9.17, 15) is 4.79 Å². The zero-order valence-corrected chi connectivity index (χ0v) is 13.5. The second kappa shape index (κ2) is 7.14. The van der Waals surface area contributed by atoms with Crippen LogP contribution in [-0.4, -0.2) is 26.0 Å². The fourth-order valence-electron chi connectivity index (χ4n) is 2.88. The van der Waals surface area contributed by atoms with Crippen molar-refractivity contribution < 1.29 is 4.79 Å². The molecular weight excluding hydrogens is 286 g/mol. The Balaban J connectivity index is 2.00. The molecule has 1 aromatic carbocycles. The number of anilines is 2. The van der Waals surface area contributed by atoms with Crippen LogP contribution in [0.15, 0.2) is 18.2 Å². The number of amides is 1. The van der Waals surface area contributed by atoms with Gasteiger partial charge in [0.1, 0.15) is 0 Å². The number of rotatable bonds is 4. The molecule has 0 saturated heterocycles. The monoisotopic (exact) mass is 309 g/mol. The van der Waals surface area contributed by atoms with Crippen molar-refractivity contribution in [2.24, 2.45) is 11.7 Å². The molecule has 1 fully saturated rings. The standard InChI is InChI=1S/C16H24ClN3O/c1-20(2)14-9-8-12(10-13(14)17)19-16(21)15(18)11-6-4-3-5-7-11/h8-11,15H,3-7,18H2,1-2H3,(H,19,21)/t15-/m0/s1. The average molecular weight is 310 g/mol. The number of benzene rings is 1. The molecule has 1 saturated carbocycles. The smallest absolute Gasteiger partial charge is 0.241 e. The Morgan fingerprint density at radius 2 is 2.00 bits per heavy atom. The summed E-state index contributed by atoms with van der Waals surface area (Å²) in [4.78, 5) is 14.2. The SMILES string of the molecule is CN(C)c1ccc(NC(=O)[C@@H](N)C2CCCCC2)cc1Cl. The highest BCUT2D eigenvalue weighted by atomic mass is 35.5. The minimum Gasteiger partial charge on any atom is -0.376 e. The van der Waals surface area contributed by atoms with Crippen molar-refractivity contribution in [2.75, 3.05) is 24.3 Å². The number of carbonyl (C=O) groups is 1. The summed E-state index contributed by atoms with van der Waals surface area (Å²) in [6.07, 6.45) is 5.71.